The molecule has 1 unspecified atom stereocenters. The van der Waals surface area contributed by atoms with Crippen molar-refractivity contribution in [3.05, 3.63) is 35.9 Å². The van der Waals surface area contributed by atoms with Gasteiger partial charge in [0.1, 0.15) is 9.45 Å². The number of amides is 1. The number of rotatable bonds is 6. The predicted octanol–water partition coefficient (Wildman–Crippen LogP) is 0.169. The molecule has 0 aliphatic rings. The van der Waals surface area contributed by atoms with Crippen LogP contribution in [0.1, 0.15) is 12.5 Å². The molecular formula is C12H15NO6S3. The van der Waals surface area contributed by atoms with E-state index >= 15 is 0 Å². The Morgan fingerprint density at radius 3 is 2.27 bits per heavy atom. The monoisotopic (exact) mass is 365 g/mol. The second-order valence-electron chi connectivity index (χ2n) is 4.42. The van der Waals surface area contributed by atoms with Crippen molar-refractivity contribution in [3.8, 4) is 0 Å². The van der Waals surface area contributed by atoms with Gasteiger partial charge in [-0.15, -0.1) is 0 Å². The van der Waals surface area contributed by atoms with Crippen LogP contribution in [0.5, 0.6) is 0 Å². The maximum atomic E-state index is 12.3. The van der Waals surface area contributed by atoms with Gasteiger partial charge in [-0.3, -0.25) is 9.35 Å². The van der Waals surface area contributed by atoms with E-state index in [4.69, 9.17) is 16.8 Å². The number of nitrogens with one attached hydrogen (secondary N) is 1. The van der Waals surface area contributed by atoms with Crippen molar-refractivity contribution in [1.82, 2.24) is 5.32 Å². The van der Waals surface area contributed by atoms with Gasteiger partial charge in [-0.2, -0.15) is 8.42 Å². The summed E-state index contributed by atoms with van der Waals surface area (Å²) in [5.41, 5.74) is 0.301. The molecule has 0 saturated carbocycles. The van der Waals surface area contributed by atoms with Gasteiger partial charge in [0.15, 0.2) is 0 Å². The fraction of sp³-hybridized carbons (Fsp3) is 0.333. The molecular weight excluding hydrogens is 350 g/mol. The molecule has 0 saturated heterocycles. The van der Waals surface area contributed by atoms with Gasteiger partial charge in [0, 0.05) is 12.1 Å². The van der Waals surface area contributed by atoms with Crippen LogP contribution < -0.4 is 5.32 Å². The third-order valence-electron chi connectivity index (χ3n) is 2.76. The highest BCUT2D eigenvalue weighted by atomic mass is 32.2. The average molecular weight is 365 g/mol. The lowest BCUT2D eigenvalue weighted by atomic mass is 10.2. The summed E-state index contributed by atoms with van der Waals surface area (Å²) in [5, 5.41) is 0.664. The summed E-state index contributed by atoms with van der Waals surface area (Å²) in [6.07, 6.45) is 0. The number of carbonyl (C=O) groups is 1. The molecule has 1 aromatic carbocycles. The van der Waals surface area contributed by atoms with Gasteiger partial charge in [0.05, 0.1) is 5.75 Å². The maximum Gasteiger partial charge on any atom is 0.266 e. The molecule has 0 radical (unpaired) electrons. The summed E-state index contributed by atoms with van der Waals surface area (Å²) in [5.74, 6) is -1.59. The Morgan fingerprint density at radius 2 is 1.77 bits per heavy atom. The van der Waals surface area contributed by atoms with Crippen molar-refractivity contribution in [2.75, 3.05) is 12.3 Å². The van der Waals surface area contributed by atoms with Crippen molar-refractivity contribution in [3.63, 3.8) is 0 Å². The fourth-order valence-electron chi connectivity index (χ4n) is 1.49. The Hall–Kier alpha value is -1.36. The number of benzene rings is 1. The van der Waals surface area contributed by atoms with Crippen LogP contribution in [0.2, 0.25) is 0 Å². The van der Waals surface area contributed by atoms with Gasteiger partial charge < -0.3 is 5.32 Å². The molecule has 0 heterocycles. The SMILES string of the molecule is CC(C(=O)NCCS(=O)(=O)O)S(=O)(=O)C(=S)c1ccccc1. The highest BCUT2D eigenvalue weighted by Gasteiger charge is 2.32. The Morgan fingerprint density at radius 1 is 1.23 bits per heavy atom. The van der Waals surface area contributed by atoms with E-state index < -0.39 is 43.4 Å². The van der Waals surface area contributed by atoms with E-state index in [9.17, 15) is 21.6 Å². The molecule has 0 aromatic heterocycles. The second-order valence-corrected chi connectivity index (χ2v) is 8.86. The molecule has 7 nitrogen and oxygen atoms in total. The Labute approximate surface area is 134 Å². The Bertz CT molecular complexity index is 755. The molecule has 0 aliphatic heterocycles. The van der Waals surface area contributed by atoms with Gasteiger partial charge >= 0.3 is 0 Å². The summed E-state index contributed by atoms with van der Waals surface area (Å²) in [6.45, 7) is 0.767. The standard InChI is InChI=1S/C12H15NO6S3/c1-9(11(14)13-7-8-21(15,16)17)22(18,19)12(20)10-5-3-2-4-6-10/h2-6,9H,7-8H2,1H3,(H,13,14)(H,15,16,17). The van der Waals surface area contributed by atoms with Crippen LogP contribution in [0.4, 0.5) is 0 Å². The Balaban J connectivity index is 2.80. The lowest BCUT2D eigenvalue weighted by Crippen LogP contribution is -2.42. The molecule has 1 atom stereocenters. The smallest absolute Gasteiger partial charge is 0.266 e. The summed E-state index contributed by atoms with van der Waals surface area (Å²) in [6, 6.07) is 7.97. The van der Waals surface area contributed by atoms with Gasteiger partial charge in [0.25, 0.3) is 10.1 Å². The van der Waals surface area contributed by atoms with Crippen molar-refractivity contribution in [2.24, 2.45) is 0 Å². The normalized spacial score (nSPS) is 13.4. The molecule has 122 valence electrons. The van der Waals surface area contributed by atoms with E-state index in [-0.39, 0.29) is 4.20 Å². The van der Waals surface area contributed by atoms with Crippen LogP contribution in [0, 0.1) is 0 Å². The lowest BCUT2D eigenvalue weighted by molar-refractivity contribution is -0.120. The molecule has 0 fully saturated rings. The molecule has 1 aromatic rings. The van der Waals surface area contributed by atoms with Crippen molar-refractivity contribution < 1.29 is 26.2 Å². The van der Waals surface area contributed by atoms with Crippen LogP contribution in [0.3, 0.4) is 0 Å². The van der Waals surface area contributed by atoms with Crippen LogP contribution in [-0.4, -0.2) is 49.0 Å². The largest absolute Gasteiger partial charge is 0.354 e. The third-order valence-corrected chi connectivity index (χ3v) is 6.31. The number of sulfone groups is 1. The van der Waals surface area contributed by atoms with E-state index in [1.165, 1.54) is 12.1 Å². The first-order valence-electron chi connectivity index (χ1n) is 6.12. The minimum atomic E-state index is -4.23. The zero-order valence-electron chi connectivity index (χ0n) is 11.6. The first-order chi connectivity index (χ1) is 10.1. The molecule has 0 spiro atoms. The van der Waals surface area contributed by atoms with Crippen molar-refractivity contribution in [2.45, 2.75) is 12.2 Å². The van der Waals surface area contributed by atoms with E-state index in [1.807, 2.05) is 0 Å². The third kappa shape index (κ3) is 5.13. The topological polar surface area (TPSA) is 118 Å². The van der Waals surface area contributed by atoms with E-state index in [1.54, 1.807) is 18.2 Å². The highest BCUT2D eigenvalue weighted by molar-refractivity contribution is 8.18. The molecule has 0 bridgehead atoms. The van der Waals surface area contributed by atoms with Gasteiger partial charge in [0.2, 0.25) is 15.7 Å². The number of thiocarbonyl (C=S) groups is 1. The van der Waals surface area contributed by atoms with E-state index in [0.29, 0.717) is 5.56 Å². The van der Waals surface area contributed by atoms with E-state index in [0.717, 1.165) is 6.92 Å². The van der Waals surface area contributed by atoms with E-state index in [2.05, 4.69) is 5.32 Å². The van der Waals surface area contributed by atoms with Gasteiger partial charge in [-0.1, -0.05) is 42.5 Å². The maximum absolute atomic E-state index is 12.3. The minimum absolute atomic E-state index is 0.301. The zero-order valence-corrected chi connectivity index (χ0v) is 14.0. The first-order valence-corrected chi connectivity index (χ1v) is 9.68. The predicted molar refractivity (Wildman–Crippen MR) is 85.9 cm³/mol. The van der Waals surface area contributed by atoms with Gasteiger partial charge in [-0.25, -0.2) is 8.42 Å². The molecule has 10 heteroatoms. The number of hydrogen-bond donors (Lipinski definition) is 2. The molecule has 1 rings (SSSR count). The van der Waals surface area contributed by atoms with Crippen LogP contribution in [-0.2, 0) is 24.7 Å². The fourth-order valence-corrected chi connectivity index (χ4v) is 3.57. The van der Waals surface area contributed by atoms with Crippen LogP contribution >= 0.6 is 12.2 Å². The molecule has 0 aliphatic carbocycles. The molecule has 22 heavy (non-hydrogen) atoms. The summed E-state index contributed by atoms with van der Waals surface area (Å²) >= 11 is 4.92. The van der Waals surface area contributed by atoms with Crippen LogP contribution in [0.25, 0.3) is 0 Å². The number of hydrogen-bond acceptors (Lipinski definition) is 6. The zero-order chi connectivity index (χ0) is 17.0. The first kappa shape index (κ1) is 18.7. The van der Waals surface area contributed by atoms with Crippen molar-refractivity contribution >= 4 is 42.3 Å². The summed E-state index contributed by atoms with van der Waals surface area (Å²) in [7, 11) is -8.28. The lowest BCUT2D eigenvalue weighted by Gasteiger charge is -2.13. The minimum Gasteiger partial charge on any atom is -0.354 e. The summed E-state index contributed by atoms with van der Waals surface area (Å²) in [4.78, 5) is 11.8. The average Bonchev–Trinajstić information content (AvgIpc) is 2.45. The Kier molecular flexibility index (Phi) is 6.17. The molecule has 2 N–H and O–H groups in total. The summed E-state index contributed by atoms with van der Waals surface area (Å²) < 4.78 is 53.8. The quantitative estimate of drug-likeness (QED) is 0.545. The number of carbonyl (C=O) groups excluding carboxylic acids is 1. The van der Waals surface area contributed by atoms with Crippen LogP contribution in [0.15, 0.2) is 30.3 Å². The second kappa shape index (κ2) is 7.27. The van der Waals surface area contributed by atoms with Crippen molar-refractivity contribution in [1.29, 1.82) is 0 Å². The highest BCUT2D eigenvalue weighted by Crippen LogP contribution is 2.13. The van der Waals surface area contributed by atoms with Gasteiger partial charge in [-0.05, 0) is 6.92 Å². The molecule has 1 amide bonds.